The molecule has 1 heterocycles. The maximum atomic E-state index is 9.01. The fourth-order valence-electron chi connectivity index (χ4n) is 3.13. The summed E-state index contributed by atoms with van der Waals surface area (Å²) in [6, 6.07) is 17.8. The fraction of sp³-hybridized carbons (Fsp3) is 0.300. The van der Waals surface area contributed by atoms with Crippen LogP contribution < -0.4 is 10.2 Å². The second-order valence-electron chi connectivity index (χ2n) is 6.14. The Morgan fingerprint density at radius 2 is 1.89 bits per heavy atom. The van der Waals surface area contributed by atoms with Crippen LogP contribution in [0.15, 0.2) is 53.5 Å². The van der Waals surface area contributed by atoms with Gasteiger partial charge in [-0.15, -0.1) is 24.0 Å². The molecule has 1 fully saturated rings. The van der Waals surface area contributed by atoms with E-state index in [1.54, 1.807) is 7.05 Å². The van der Waals surface area contributed by atoms with E-state index < -0.39 is 0 Å². The Hall–Kier alpha value is -1.98. The molecule has 0 saturated carbocycles. The summed E-state index contributed by atoms with van der Waals surface area (Å²) in [6.07, 6.45) is 0. The van der Waals surface area contributed by atoms with Gasteiger partial charge in [-0.2, -0.15) is 5.26 Å². The highest BCUT2D eigenvalue weighted by atomic mass is 127. The third-order valence-corrected chi connectivity index (χ3v) is 4.81. The molecule has 1 aliphatic heterocycles. The topological polar surface area (TPSA) is 54.7 Å². The lowest BCUT2D eigenvalue weighted by atomic mass is 10.1. The van der Waals surface area contributed by atoms with Gasteiger partial charge in [0.25, 0.3) is 0 Å². The molecule has 0 radical (unpaired) electrons. The average molecular weight is 496 g/mol. The second-order valence-corrected chi connectivity index (χ2v) is 6.55. The molecule has 27 heavy (non-hydrogen) atoms. The van der Waals surface area contributed by atoms with Gasteiger partial charge < -0.3 is 15.1 Å². The van der Waals surface area contributed by atoms with Gasteiger partial charge in [0.05, 0.1) is 22.3 Å². The highest BCUT2D eigenvalue weighted by Crippen LogP contribution is 2.26. The van der Waals surface area contributed by atoms with Gasteiger partial charge in [-0.25, -0.2) is 0 Å². The standard InChI is InChI=1S/C20H22ClN5.HI/c1-23-20(24-15-17-6-4-5-16(13-17)14-22)26-11-9-25(10-12-26)19-8-3-2-7-18(19)21;/h2-8,13H,9-12,15H2,1H3,(H,23,24);1H. The van der Waals surface area contributed by atoms with Gasteiger partial charge in [0.2, 0.25) is 0 Å². The minimum absolute atomic E-state index is 0. The normalized spacial score (nSPS) is 14.3. The van der Waals surface area contributed by atoms with Crippen LogP contribution >= 0.6 is 35.6 Å². The Morgan fingerprint density at radius 3 is 2.56 bits per heavy atom. The zero-order chi connectivity index (χ0) is 18.4. The number of halogens is 2. The van der Waals surface area contributed by atoms with Crippen molar-refractivity contribution < 1.29 is 0 Å². The van der Waals surface area contributed by atoms with Crippen molar-refractivity contribution in [3.05, 3.63) is 64.7 Å². The van der Waals surface area contributed by atoms with E-state index >= 15 is 0 Å². The first-order valence-corrected chi connectivity index (χ1v) is 9.03. The molecule has 0 aliphatic carbocycles. The largest absolute Gasteiger partial charge is 0.367 e. The summed E-state index contributed by atoms with van der Waals surface area (Å²) >= 11 is 6.31. The Kier molecular flexibility index (Phi) is 8.20. The van der Waals surface area contributed by atoms with Gasteiger partial charge in [0, 0.05) is 39.8 Å². The van der Waals surface area contributed by atoms with Gasteiger partial charge in [0.15, 0.2) is 5.96 Å². The van der Waals surface area contributed by atoms with Crippen LogP contribution in [0.4, 0.5) is 5.69 Å². The van der Waals surface area contributed by atoms with Crippen molar-refractivity contribution in [3.8, 4) is 6.07 Å². The van der Waals surface area contributed by atoms with Crippen LogP contribution in [-0.4, -0.2) is 44.1 Å². The van der Waals surface area contributed by atoms with Crippen LogP contribution in [0.5, 0.6) is 0 Å². The third kappa shape index (κ3) is 5.50. The molecule has 2 aromatic rings. The van der Waals surface area contributed by atoms with E-state index in [0.29, 0.717) is 12.1 Å². The summed E-state index contributed by atoms with van der Waals surface area (Å²) in [5.74, 6) is 0.881. The fourth-order valence-corrected chi connectivity index (χ4v) is 3.39. The van der Waals surface area contributed by atoms with E-state index in [9.17, 15) is 0 Å². The zero-order valence-electron chi connectivity index (χ0n) is 15.2. The molecule has 142 valence electrons. The number of piperazine rings is 1. The summed E-state index contributed by atoms with van der Waals surface area (Å²) in [7, 11) is 1.80. The lowest BCUT2D eigenvalue weighted by Crippen LogP contribution is -2.52. The summed E-state index contributed by atoms with van der Waals surface area (Å²) < 4.78 is 0. The van der Waals surface area contributed by atoms with Gasteiger partial charge in [-0.3, -0.25) is 4.99 Å². The van der Waals surface area contributed by atoms with E-state index in [2.05, 4.69) is 32.2 Å². The number of hydrogen-bond acceptors (Lipinski definition) is 3. The maximum absolute atomic E-state index is 9.01. The van der Waals surface area contributed by atoms with Crippen molar-refractivity contribution in [3.63, 3.8) is 0 Å². The quantitative estimate of drug-likeness (QED) is 0.401. The second kappa shape index (κ2) is 10.4. The first kappa shape index (κ1) is 21.3. The Balaban J connectivity index is 0.00000261. The number of rotatable bonds is 3. The van der Waals surface area contributed by atoms with Gasteiger partial charge in [0.1, 0.15) is 0 Å². The molecule has 0 aromatic heterocycles. The Bertz CT molecular complexity index is 825. The molecule has 0 unspecified atom stereocenters. The predicted molar refractivity (Wildman–Crippen MR) is 122 cm³/mol. The van der Waals surface area contributed by atoms with Crippen molar-refractivity contribution in [2.45, 2.75) is 6.54 Å². The Morgan fingerprint density at radius 1 is 1.15 bits per heavy atom. The molecule has 3 rings (SSSR count). The molecule has 0 amide bonds. The lowest BCUT2D eigenvalue weighted by Gasteiger charge is -2.38. The van der Waals surface area contributed by atoms with E-state index in [1.807, 2.05) is 42.5 Å². The summed E-state index contributed by atoms with van der Waals surface area (Å²) in [5.41, 5.74) is 2.83. The summed E-state index contributed by atoms with van der Waals surface area (Å²) in [6.45, 7) is 4.20. The number of nitrogens with zero attached hydrogens (tertiary/aromatic N) is 4. The number of guanidine groups is 1. The molecule has 0 spiro atoms. The van der Waals surface area contributed by atoms with Crippen LogP contribution in [0.1, 0.15) is 11.1 Å². The number of benzene rings is 2. The lowest BCUT2D eigenvalue weighted by molar-refractivity contribution is 0.372. The van der Waals surface area contributed by atoms with E-state index in [1.165, 1.54) is 0 Å². The molecule has 7 heteroatoms. The monoisotopic (exact) mass is 495 g/mol. The first-order valence-electron chi connectivity index (χ1n) is 8.65. The minimum atomic E-state index is 0. The molecule has 5 nitrogen and oxygen atoms in total. The summed E-state index contributed by atoms with van der Waals surface area (Å²) in [4.78, 5) is 8.97. The SMILES string of the molecule is CN=C(NCc1cccc(C#N)c1)N1CCN(c2ccccc2Cl)CC1.I. The van der Waals surface area contributed by atoms with E-state index in [0.717, 1.165) is 48.4 Å². The summed E-state index contributed by atoms with van der Waals surface area (Å²) in [5, 5.41) is 13.2. The number of nitrogens with one attached hydrogen (secondary N) is 1. The first-order chi connectivity index (χ1) is 12.7. The number of nitriles is 1. The highest BCUT2D eigenvalue weighted by molar-refractivity contribution is 14.0. The van der Waals surface area contributed by atoms with Crippen molar-refractivity contribution in [2.24, 2.45) is 4.99 Å². The molecule has 0 atom stereocenters. The van der Waals surface area contributed by atoms with Gasteiger partial charge >= 0.3 is 0 Å². The molecule has 1 N–H and O–H groups in total. The van der Waals surface area contributed by atoms with Crippen LogP contribution in [0.25, 0.3) is 0 Å². The van der Waals surface area contributed by atoms with E-state index in [-0.39, 0.29) is 24.0 Å². The third-order valence-electron chi connectivity index (χ3n) is 4.49. The molecular weight excluding hydrogens is 473 g/mol. The predicted octanol–water partition coefficient (Wildman–Crippen LogP) is 3.73. The van der Waals surface area contributed by atoms with Crippen molar-refractivity contribution >= 4 is 47.2 Å². The molecule has 1 aliphatic rings. The smallest absolute Gasteiger partial charge is 0.194 e. The molecule has 1 saturated heterocycles. The van der Waals surface area contributed by atoms with Crippen molar-refractivity contribution in [1.82, 2.24) is 10.2 Å². The molecule has 0 bridgehead atoms. The number of anilines is 1. The van der Waals surface area contributed by atoms with Crippen LogP contribution in [0, 0.1) is 11.3 Å². The number of hydrogen-bond donors (Lipinski definition) is 1. The number of para-hydroxylation sites is 1. The zero-order valence-corrected chi connectivity index (χ0v) is 18.3. The van der Waals surface area contributed by atoms with Crippen molar-refractivity contribution in [2.75, 3.05) is 38.1 Å². The van der Waals surface area contributed by atoms with Crippen LogP contribution in [0.3, 0.4) is 0 Å². The molecular formula is C20H23ClIN5. The number of aliphatic imine (C=N–C) groups is 1. The van der Waals surface area contributed by atoms with Crippen LogP contribution in [0.2, 0.25) is 5.02 Å². The molecule has 2 aromatic carbocycles. The average Bonchev–Trinajstić information content (AvgIpc) is 2.69. The van der Waals surface area contributed by atoms with E-state index in [4.69, 9.17) is 16.9 Å². The van der Waals surface area contributed by atoms with Gasteiger partial charge in [-0.05, 0) is 29.8 Å². The van der Waals surface area contributed by atoms with Crippen LogP contribution in [-0.2, 0) is 6.54 Å². The van der Waals surface area contributed by atoms with Crippen molar-refractivity contribution in [1.29, 1.82) is 5.26 Å². The minimum Gasteiger partial charge on any atom is -0.367 e. The Labute approximate surface area is 182 Å². The maximum Gasteiger partial charge on any atom is 0.194 e. The van der Waals surface area contributed by atoms with Gasteiger partial charge in [-0.1, -0.05) is 35.9 Å². The highest BCUT2D eigenvalue weighted by Gasteiger charge is 2.20.